The number of nitrogens with zero attached hydrogens (tertiary/aromatic N) is 1. The molecular weight excluding hydrogens is 354 g/mol. The van der Waals surface area contributed by atoms with E-state index in [2.05, 4.69) is 22.1 Å². The molecule has 26 heavy (non-hydrogen) atoms. The maximum absolute atomic E-state index is 12.5. The highest BCUT2D eigenvalue weighted by Gasteiger charge is 2.21. The van der Waals surface area contributed by atoms with Gasteiger partial charge in [-0.25, -0.2) is 4.79 Å². The Bertz CT molecular complexity index is 810. The van der Waals surface area contributed by atoms with Crippen molar-refractivity contribution >= 4 is 40.1 Å². The number of carbonyl (C=O) groups excluding carboxylic acids is 2. The van der Waals surface area contributed by atoms with E-state index in [9.17, 15) is 9.59 Å². The van der Waals surface area contributed by atoms with Crippen LogP contribution in [0.5, 0.6) is 0 Å². The minimum Gasteiger partial charge on any atom is -0.464 e. The molecule has 0 atom stereocenters. The summed E-state index contributed by atoms with van der Waals surface area (Å²) in [5.41, 5.74) is 1.37. The van der Waals surface area contributed by atoms with Crippen LogP contribution in [0.2, 0.25) is 5.02 Å². The molecule has 1 amide bonds. The molecule has 3 rings (SSSR count). The summed E-state index contributed by atoms with van der Waals surface area (Å²) in [5, 5.41) is 4.09. The van der Waals surface area contributed by atoms with Gasteiger partial charge in [-0.05, 0) is 50.0 Å². The number of H-pyrrole nitrogens is 1. The number of nitrogens with one attached hydrogen (secondary N) is 2. The lowest BCUT2D eigenvalue weighted by molar-refractivity contribution is -0.116. The fourth-order valence-corrected chi connectivity index (χ4v) is 3.47. The Balaban J connectivity index is 1.73. The number of aromatic nitrogens is 1. The number of carbonyl (C=O) groups is 2. The first-order valence-electron chi connectivity index (χ1n) is 8.89. The number of anilines is 1. The third kappa shape index (κ3) is 4.19. The van der Waals surface area contributed by atoms with Crippen LogP contribution < -0.4 is 5.32 Å². The van der Waals surface area contributed by atoms with Gasteiger partial charge in [-0.15, -0.1) is 0 Å². The Kier molecular flexibility index (Phi) is 5.84. The molecule has 0 saturated carbocycles. The van der Waals surface area contributed by atoms with Crippen LogP contribution in [0.3, 0.4) is 0 Å². The SMILES string of the molecule is COC(=O)c1[nH]c2ccc(Cl)cc2c1NC(=O)CCN1CCC(C)CC1. The topological polar surface area (TPSA) is 74.4 Å². The second-order valence-corrected chi connectivity index (χ2v) is 7.32. The molecule has 1 saturated heterocycles. The maximum atomic E-state index is 12.5. The van der Waals surface area contributed by atoms with Crippen molar-refractivity contribution in [2.75, 3.05) is 32.1 Å². The van der Waals surface area contributed by atoms with E-state index in [1.807, 2.05) is 0 Å². The number of aromatic amines is 1. The molecule has 0 spiro atoms. The molecule has 2 aromatic rings. The van der Waals surface area contributed by atoms with E-state index in [0.29, 0.717) is 22.5 Å². The summed E-state index contributed by atoms with van der Waals surface area (Å²) in [6, 6.07) is 5.22. The molecular formula is C19H24ClN3O3. The highest BCUT2D eigenvalue weighted by atomic mass is 35.5. The third-order valence-corrected chi connectivity index (χ3v) is 5.18. The molecule has 2 heterocycles. The van der Waals surface area contributed by atoms with E-state index >= 15 is 0 Å². The van der Waals surface area contributed by atoms with Gasteiger partial charge in [0, 0.05) is 28.9 Å². The van der Waals surface area contributed by atoms with Gasteiger partial charge in [0.1, 0.15) is 5.69 Å². The van der Waals surface area contributed by atoms with E-state index < -0.39 is 5.97 Å². The Hall–Kier alpha value is -2.05. The van der Waals surface area contributed by atoms with E-state index in [4.69, 9.17) is 16.3 Å². The monoisotopic (exact) mass is 377 g/mol. The highest BCUT2D eigenvalue weighted by molar-refractivity contribution is 6.31. The fraction of sp³-hybridized carbons (Fsp3) is 0.474. The molecule has 0 aliphatic carbocycles. The first-order chi connectivity index (χ1) is 12.5. The molecule has 140 valence electrons. The number of esters is 1. The Morgan fingerprint density at radius 3 is 2.77 bits per heavy atom. The van der Waals surface area contributed by atoms with Crippen molar-refractivity contribution in [3.8, 4) is 0 Å². The summed E-state index contributed by atoms with van der Waals surface area (Å²) in [5.74, 6) is 0.103. The van der Waals surface area contributed by atoms with Gasteiger partial charge >= 0.3 is 5.97 Å². The third-order valence-electron chi connectivity index (χ3n) is 4.95. The van der Waals surface area contributed by atoms with Crippen molar-refractivity contribution in [1.82, 2.24) is 9.88 Å². The average Bonchev–Trinajstić information content (AvgIpc) is 2.98. The fourth-order valence-electron chi connectivity index (χ4n) is 3.30. The van der Waals surface area contributed by atoms with Gasteiger partial charge in [0.15, 0.2) is 0 Å². The van der Waals surface area contributed by atoms with Crippen LogP contribution in [0.1, 0.15) is 36.7 Å². The molecule has 2 N–H and O–H groups in total. The van der Waals surface area contributed by atoms with Crippen LogP contribution in [0, 0.1) is 5.92 Å². The van der Waals surface area contributed by atoms with Gasteiger partial charge < -0.3 is 19.9 Å². The molecule has 1 fully saturated rings. The molecule has 0 unspecified atom stereocenters. The largest absolute Gasteiger partial charge is 0.464 e. The normalized spacial score (nSPS) is 16.0. The highest BCUT2D eigenvalue weighted by Crippen LogP contribution is 2.30. The number of hydrogen-bond donors (Lipinski definition) is 2. The van der Waals surface area contributed by atoms with Gasteiger partial charge in [-0.3, -0.25) is 4.79 Å². The first kappa shape index (κ1) is 18.7. The van der Waals surface area contributed by atoms with E-state index in [1.54, 1.807) is 18.2 Å². The van der Waals surface area contributed by atoms with Crippen LogP contribution >= 0.6 is 11.6 Å². The summed E-state index contributed by atoms with van der Waals surface area (Å²) >= 11 is 6.07. The van der Waals surface area contributed by atoms with Crippen molar-refractivity contribution in [2.45, 2.75) is 26.2 Å². The summed E-state index contributed by atoms with van der Waals surface area (Å²) in [7, 11) is 1.31. The van der Waals surface area contributed by atoms with Gasteiger partial charge in [-0.2, -0.15) is 0 Å². The van der Waals surface area contributed by atoms with Gasteiger partial charge in [0.05, 0.1) is 12.8 Å². The molecule has 1 aliphatic rings. The standard InChI is InChI=1S/C19H24ClN3O3/c1-12-5-8-23(9-6-12)10-7-16(24)22-17-14-11-13(20)3-4-15(14)21-18(17)19(25)26-2/h3-4,11-12,21H,5-10H2,1-2H3,(H,22,24). The molecule has 6 nitrogen and oxygen atoms in total. The van der Waals surface area contributed by atoms with Crippen molar-refractivity contribution < 1.29 is 14.3 Å². The summed E-state index contributed by atoms with van der Waals surface area (Å²) in [6.07, 6.45) is 2.73. The predicted octanol–water partition coefficient (Wildman–Crippen LogP) is 3.67. The van der Waals surface area contributed by atoms with Crippen molar-refractivity contribution in [1.29, 1.82) is 0 Å². The molecule has 1 aromatic heterocycles. The van der Waals surface area contributed by atoms with E-state index in [-0.39, 0.29) is 11.6 Å². The van der Waals surface area contributed by atoms with Gasteiger partial charge in [-0.1, -0.05) is 18.5 Å². The molecule has 1 aromatic carbocycles. The van der Waals surface area contributed by atoms with E-state index in [0.717, 1.165) is 31.1 Å². The van der Waals surface area contributed by atoms with Crippen molar-refractivity contribution in [2.24, 2.45) is 5.92 Å². The number of piperidine rings is 1. The van der Waals surface area contributed by atoms with Gasteiger partial charge in [0.2, 0.25) is 5.91 Å². The average molecular weight is 378 g/mol. The number of ether oxygens (including phenoxy) is 1. The zero-order valence-corrected chi connectivity index (χ0v) is 15.9. The Labute approximate surface area is 157 Å². The minimum atomic E-state index is -0.530. The van der Waals surface area contributed by atoms with Crippen LogP contribution in [0.25, 0.3) is 10.9 Å². The maximum Gasteiger partial charge on any atom is 0.356 e. The van der Waals surface area contributed by atoms with Crippen molar-refractivity contribution in [3.63, 3.8) is 0 Å². The number of likely N-dealkylation sites (tertiary alicyclic amines) is 1. The second-order valence-electron chi connectivity index (χ2n) is 6.88. The number of methoxy groups -OCH3 is 1. The van der Waals surface area contributed by atoms with Crippen molar-refractivity contribution in [3.05, 3.63) is 28.9 Å². The second kappa shape index (κ2) is 8.10. The molecule has 1 aliphatic heterocycles. The van der Waals surface area contributed by atoms with Crippen LogP contribution in [-0.4, -0.2) is 48.5 Å². The number of amides is 1. The Morgan fingerprint density at radius 1 is 1.35 bits per heavy atom. The van der Waals surface area contributed by atoms with E-state index in [1.165, 1.54) is 20.0 Å². The predicted molar refractivity (Wildman–Crippen MR) is 103 cm³/mol. The summed E-state index contributed by atoms with van der Waals surface area (Å²) < 4.78 is 4.82. The lowest BCUT2D eigenvalue weighted by atomic mass is 9.99. The van der Waals surface area contributed by atoms with Crippen LogP contribution in [-0.2, 0) is 9.53 Å². The zero-order chi connectivity index (χ0) is 18.7. The van der Waals surface area contributed by atoms with Crippen LogP contribution in [0.15, 0.2) is 18.2 Å². The lowest BCUT2D eigenvalue weighted by Gasteiger charge is -2.29. The number of hydrogen-bond acceptors (Lipinski definition) is 4. The number of benzene rings is 1. The quantitative estimate of drug-likeness (QED) is 0.779. The molecule has 7 heteroatoms. The zero-order valence-electron chi connectivity index (χ0n) is 15.1. The first-order valence-corrected chi connectivity index (χ1v) is 9.27. The summed E-state index contributed by atoms with van der Waals surface area (Å²) in [6.45, 7) is 5.05. The number of rotatable bonds is 5. The lowest BCUT2D eigenvalue weighted by Crippen LogP contribution is -2.35. The number of fused-ring (bicyclic) bond motifs is 1. The smallest absolute Gasteiger partial charge is 0.356 e. The molecule has 0 bridgehead atoms. The minimum absolute atomic E-state index is 0.130. The molecule has 0 radical (unpaired) electrons. The number of halogens is 1. The van der Waals surface area contributed by atoms with Crippen LogP contribution in [0.4, 0.5) is 5.69 Å². The van der Waals surface area contributed by atoms with Gasteiger partial charge in [0.25, 0.3) is 0 Å². The Morgan fingerprint density at radius 2 is 2.08 bits per heavy atom. The summed E-state index contributed by atoms with van der Waals surface area (Å²) in [4.78, 5) is 29.8.